The fourth-order valence-corrected chi connectivity index (χ4v) is 2.06. The number of amides is 1. The lowest BCUT2D eigenvalue weighted by molar-refractivity contribution is 0.0939. The minimum Gasteiger partial charge on any atom is -0.354 e. The summed E-state index contributed by atoms with van der Waals surface area (Å²) in [5.41, 5.74) is 3.16. The van der Waals surface area contributed by atoms with Crippen molar-refractivity contribution in [1.82, 2.24) is 10.3 Å². The van der Waals surface area contributed by atoms with Gasteiger partial charge in [-0.2, -0.15) is 0 Å². The zero-order valence-corrected chi connectivity index (χ0v) is 13.7. The molecule has 0 aliphatic heterocycles. The second-order valence-corrected chi connectivity index (χ2v) is 5.74. The second kappa shape index (κ2) is 7.27. The number of benzene rings is 1. The van der Waals surface area contributed by atoms with Gasteiger partial charge >= 0.3 is 0 Å². The van der Waals surface area contributed by atoms with E-state index >= 15 is 0 Å². The first-order valence-electron chi connectivity index (χ1n) is 7.28. The van der Waals surface area contributed by atoms with E-state index in [4.69, 9.17) is 11.6 Å². The molecule has 0 radical (unpaired) electrons. The van der Waals surface area contributed by atoms with E-state index < -0.39 is 0 Å². The van der Waals surface area contributed by atoms with Gasteiger partial charge in [0.2, 0.25) is 0 Å². The van der Waals surface area contributed by atoms with Gasteiger partial charge in [0, 0.05) is 22.9 Å². The summed E-state index contributed by atoms with van der Waals surface area (Å²) in [6, 6.07) is 7.64. The molecule has 0 aliphatic rings. The number of aryl methyl sites for hydroxylation is 1. The molecule has 116 valence electrons. The highest BCUT2D eigenvalue weighted by Gasteiger charge is 2.09. The Morgan fingerprint density at radius 3 is 2.73 bits per heavy atom. The molecule has 0 bridgehead atoms. The molecule has 1 aromatic heterocycles. The van der Waals surface area contributed by atoms with Gasteiger partial charge in [-0.3, -0.25) is 9.78 Å². The monoisotopic (exact) mass is 317 g/mol. The van der Waals surface area contributed by atoms with E-state index in [1.54, 1.807) is 18.5 Å². The van der Waals surface area contributed by atoms with E-state index in [0.717, 1.165) is 23.4 Å². The first kappa shape index (κ1) is 16.3. The summed E-state index contributed by atoms with van der Waals surface area (Å²) in [7, 11) is 0. The molecule has 2 rings (SSSR count). The predicted octanol–water partition coefficient (Wildman–Crippen LogP) is 4.32. The highest BCUT2D eigenvalue weighted by molar-refractivity contribution is 6.31. The normalized spacial score (nSPS) is 11.8. The third-order valence-corrected chi connectivity index (χ3v) is 3.86. The van der Waals surface area contributed by atoms with Crippen LogP contribution in [0.2, 0.25) is 5.02 Å². The van der Waals surface area contributed by atoms with Crippen LogP contribution in [0.3, 0.4) is 0 Å². The first-order chi connectivity index (χ1) is 10.5. The predicted molar refractivity (Wildman–Crippen MR) is 90.9 cm³/mol. The summed E-state index contributed by atoms with van der Waals surface area (Å²) in [5.74, 6) is -0.118. The molecule has 0 saturated heterocycles. The van der Waals surface area contributed by atoms with Crippen molar-refractivity contribution in [3.05, 3.63) is 52.8 Å². The lowest BCUT2D eigenvalue weighted by atomic mass is 10.2. The molecule has 0 aliphatic carbocycles. The van der Waals surface area contributed by atoms with Crippen molar-refractivity contribution in [2.45, 2.75) is 33.2 Å². The Kier molecular flexibility index (Phi) is 5.39. The van der Waals surface area contributed by atoms with Crippen LogP contribution >= 0.6 is 11.6 Å². The molecule has 1 heterocycles. The molecule has 2 aromatic rings. The summed E-state index contributed by atoms with van der Waals surface area (Å²) < 4.78 is 0. The van der Waals surface area contributed by atoms with E-state index in [1.807, 2.05) is 39.0 Å². The Hall–Kier alpha value is -2.07. The molecule has 1 aromatic carbocycles. The fourth-order valence-electron chi connectivity index (χ4n) is 1.88. The zero-order valence-electron chi connectivity index (χ0n) is 13.0. The number of hydrogen-bond acceptors (Lipinski definition) is 3. The van der Waals surface area contributed by atoms with E-state index in [0.29, 0.717) is 10.6 Å². The number of carbonyl (C=O) groups is 1. The van der Waals surface area contributed by atoms with Crippen molar-refractivity contribution >= 4 is 28.9 Å². The third kappa shape index (κ3) is 4.21. The molecule has 0 fully saturated rings. The Labute approximate surface area is 135 Å². The van der Waals surface area contributed by atoms with Gasteiger partial charge in [0.05, 0.1) is 17.4 Å². The number of pyridine rings is 1. The van der Waals surface area contributed by atoms with Gasteiger partial charge in [-0.05, 0) is 44.0 Å². The molecule has 22 heavy (non-hydrogen) atoms. The maximum Gasteiger partial charge on any atom is 0.253 e. The van der Waals surface area contributed by atoms with Crippen molar-refractivity contribution in [2.24, 2.45) is 0 Å². The highest BCUT2D eigenvalue weighted by Crippen LogP contribution is 2.23. The van der Waals surface area contributed by atoms with Crippen LogP contribution in [0.15, 0.2) is 36.7 Å². The number of carbonyl (C=O) groups excluding carboxylic acids is 1. The fraction of sp³-hybridized carbons (Fsp3) is 0.294. The number of anilines is 2. The average Bonchev–Trinajstić information content (AvgIpc) is 2.51. The number of rotatable bonds is 5. The van der Waals surface area contributed by atoms with Gasteiger partial charge in [0.1, 0.15) is 0 Å². The molecule has 1 unspecified atom stereocenters. The molecule has 4 nitrogen and oxygen atoms in total. The van der Waals surface area contributed by atoms with Crippen molar-refractivity contribution in [3.8, 4) is 0 Å². The number of nitrogens with zero attached hydrogens (tertiary/aromatic N) is 1. The van der Waals surface area contributed by atoms with Crippen molar-refractivity contribution in [2.75, 3.05) is 5.32 Å². The Morgan fingerprint density at radius 2 is 2.05 bits per heavy atom. The van der Waals surface area contributed by atoms with Crippen LogP contribution < -0.4 is 10.6 Å². The van der Waals surface area contributed by atoms with Gasteiger partial charge in [0.15, 0.2) is 0 Å². The maximum absolute atomic E-state index is 12.1. The maximum atomic E-state index is 12.1. The molecule has 1 atom stereocenters. The molecule has 0 spiro atoms. The Bertz CT molecular complexity index is 673. The molecular formula is C17H20ClN3O. The van der Waals surface area contributed by atoms with Crippen molar-refractivity contribution in [1.29, 1.82) is 0 Å². The van der Waals surface area contributed by atoms with E-state index in [9.17, 15) is 4.79 Å². The number of aromatic nitrogens is 1. The van der Waals surface area contributed by atoms with Crippen LogP contribution in [0, 0.1) is 6.92 Å². The summed E-state index contributed by atoms with van der Waals surface area (Å²) in [4.78, 5) is 16.2. The Balaban J connectivity index is 2.14. The topological polar surface area (TPSA) is 54.0 Å². The van der Waals surface area contributed by atoms with E-state index in [2.05, 4.69) is 15.6 Å². The largest absolute Gasteiger partial charge is 0.354 e. The van der Waals surface area contributed by atoms with Crippen LogP contribution in [-0.4, -0.2) is 16.9 Å². The summed E-state index contributed by atoms with van der Waals surface area (Å²) in [6.07, 6.45) is 4.12. The van der Waals surface area contributed by atoms with Crippen LogP contribution in [0.4, 0.5) is 11.4 Å². The van der Waals surface area contributed by atoms with Gasteiger partial charge in [0.25, 0.3) is 5.91 Å². The van der Waals surface area contributed by atoms with Crippen LogP contribution in [0.5, 0.6) is 0 Å². The van der Waals surface area contributed by atoms with Gasteiger partial charge in [-0.25, -0.2) is 0 Å². The number of hydrogen-bond donors (Lipinski definition) is 2. The standard InChI is InChI=1S/C17H20ClN3O/c1-4-12(3)20-17(22)13-7-15(10-19-9-13)21-14-6-5-11(2)16(18)8-14/h5-10,12,21H,4H2,1-3H3,(H,20,22). The summed E-state index contributed by atoms with van der Waals surface area (Å²) in [5, 5.41) is 6.83. The summed E-state index contributed by atoms with van der Waals surface area (Å²) >= 11 is 6.12. The Morgan fingerprint density at radius 1 is 1.27 bits per heavy atom. The van der Waals surface area contributed by atoms with Crippen LogP contribution in [0.1, 0.15) is 36.2 Å². The number of halogens is 1. The first-order valence-corrected chi connectivity index (χ1v) is 7.66. The van der Waals surface area contributed by atoms with Gasteiger partial charge in [-0.1, -0.05) is 24.6 Å². The smallest absolute Gasteiger partial charge is 0.253 e. The van der Waals surface area contributed by atoms with E-state index in [-0.39, 0.29) is 11.9 Å². The lowest BCUT2D eigenvalue weighted by Gasteiger charge is -2.12. The molecular weight excluding hydrogens is 298 g/mol. The number of nitrogens with one attached hydrogen (secondary N) is 2. The lowest BCUT2D eigenvalue weighted by Crippen LogP contribution is -2.31. The third-order valence-electron chi connectivity index (χ3n) is 3.45. The molecule has 5 heteroatoms. The minimum atomic E-state index is -0.118. The van der Waals surface area contributed by atoms with Gasteiger partial charge in [-0.15, -0.1) is 0 Å². The average molecular weight is 318 g/mol. The molecule has 2 N–H and O–H groups in total. The van der Waals surface area contributed by atoms with Crippen molar-refractivity contribution < 1.29 is 4.79 Å². The van der Waals surface area contributed by atoms with Crippen LogP contribution in [0.25, 0.3) is 0 Å². The molecule has 0 saturated carbocycles. The minimum absolute atomic E-state index is 0.118. The molecule has 1 amide bonds. The van der Waals surface area contributed by atoms with E-state index in [1.165, 1.54) is 0 Å². The van der Waals surface area contributed by atoms with Crippen LogP contribution in [-0.2, 0) is 0 Å². The second-order valence-electron chi connectivity index (χ2n) is 5.33. The zero-order chi connectivity index (χ0) is 16.1. The SMILES string of the molecule is CCC(C)NC(=O)c1cncc(Nc2ccc(C)c(Cl)c2)c1. The van der Waals surface area contributed by atoms with Crippen molar-refractivity contribution in [3.63, 3.8) is 0 Å². The highest BCUT2D eigenvalue weighted by atomic mass is 35.5. The quantitative estimate of drug-likeness (QED) is 0.863. The van der Waals surface area contributed by atoms with Gasteiger partial charge < -0.3 is 10.6 Å². The summed E-state index contributed by atoms with van der Waals surface area (Å²) in [6.45, 7) is 5.96.